The summed E-state index contributed by atoms with van der Waals surface area (Å²) in [5, 5.41) is 9.68. The Morgan fingerprint density at radius 1 is 1.64 bits per heavy atom. The second-order valence-corrected chi connectivity index (χ2v) is 3.88. The van der Waals surface area contributed by atoms with Crippen molar-refractivity contribution in [3.63, 3.8) is 0 Å². The Bertz CT molecular complexity index is 286. The van der Waals surface area contributed by atoms with E-state index in [1.165, 1.54) is 0 Å². The highest BCUT2D eigenvalue weighted by molar-refractivity contribution is 9.10. The van der Waals surface area contributed by atoms with E-state index in [0.717, 1.165) is 24.2 Å². The van der Waals surface area contributed by atoms with Crippen molar-refractivity contribution in [3.05, 3.63) is 22.1 Å². The summed E-state index contributed by atoms with van der Waals surface area (Å²) in [4.78, 5) is 0. The zero-order valence-electron chi connectivity index (χ0n) is 6.22. The van der Waals surface area contributed by atoms with Crippen LogP contribution in [0.1, 0.15) is 24.2 Å². The third-order valence-electron chi connectivity index (χ3n) is 2.03. The van der Waals surface area contributed by atoms with Crippen LogP contribution in [0.15, 0.2) is 15.2 Å². The Morgan fingerprint density at radius 3 is 2.64 bits per heavy atom. The van der Waals surface area contributed by atoms with Gasteiger partial charge in [-0.05, 0) is 47.3 Å². The number of aryl methyl sites for hydroxylation is 1. The van der Waals surface area contributed by atoms with Gasteiger partial charge in [0.25, 0.3) is 0 Å². The average molecular weight is 217 g/mol. The minimum atomic E-state index is -0.643. The third-order valence-corrected chi connectivity index (χ3v) is 2.42. The highest BCUT2D eigenvalue weighted by Gasteiger charge is 2.46. The zero-order chi connectivity index (χ0) is 8.06. The molecule has 0 atom stereocenters. The van der Waals surface area contributed by atoms with Gasteiger partial charge in [0.05, 0.1) is 0 Å². The van der Waals surface area contributed by atoms with Gasteiger partial charge in [0.2, 0.25) is 0 Å². The standard InChI is InChI=1S/C8H9BrO2/c1-5-4-6(9)11-7(5)8(10)2-3-8/h4,10H,2-3H2,1H3. The van der Waals surface area contributed by atoms with Crippen molar-refractivity contribution in [1.29, 1.82) is 0 Å². The zero-order valence-corrected chi connectivity index (χ0v) is 7.81. The van der Waals surface area contributed by atoms with Crippen LogP contribution in [0.4, 0.5) is 0 Å². The van der Waals surface area contributed by atoms with Gasteiger partial charge in [-0.25, -0.2) is 0 Å². The van der Waals surface area contributed by atoms with Gasteiger partial charge in [0, 0.05) is 0 Å². The molecular formula is C8H9BrO2. The van der Waals surface area contributed by atoms with Crippen molar-refractivity contribution in [2.45, 2.75) is 25.4 Å². The van der Waals surface area contributed by atoms with E-state index in [0.29, 0.717) is 4.67 Å². The lowest BCUT2D eigenvalue weighted by Gasteiger charge is -2.03. The lowest BCUT2D eigenvalue weighted by atomic mass is 10.2. The van der Waals surface area contributed by atoms with E-state index in [1.54, 1.807) is 0 Å². The maximum Gasteiger partial charge on any atom is 0.169 e. The smallest absolute Gasteiger partial charge is 0.169 e. The van der Waals surface area contributed by atoms with Crippen LogP contribution in [0.25, 0.3) is 0 Å². The fraction of sp³-hybridized carbons (Fsp3) is 0.500. The first-order valence-electron chi connectivity index (χ1n) is 3.61. The SMILES string of the molecule is Cc1cc(Br)oc1C1(O)CC1. The van der Waals surface area contributed by atoms with Gasteiger partial charge >= 0.3 is 0 Å². The molecule has 1 aliphatic rings. The van der Waals surface area contributed by atoms with E-state index in [2.05, 4.69) is 15.9 Å². The quantitative estimate of drug-likeness (QED) is 0.783. The van der Waals surface area contributed by atoms with Gasteiger partial charge < -0.3 is 9.52 Å². The summed E-state index contributed by atoms with van der Waals surface area (Å²) in [6.45, 7) is 1.94. The van der Waals surface area contributed by atoms with E-state index >= 15 is 0 Å². The van der Waals surface area contributed by atoms with Crippen molar-refractivity contribution in [1.82, 2.24) is 0 Å². The van der Waals surface area contributed by atoms with E-state index in [1.807, 2.05) is 13.0 Å². The van der Waals surface area contributed by atoms with Crippen LogP contribution in [-0.2, 0) is 5.60 Å². The van der Waals surface area contributed by atoms with Gasteiger partial charge in [-0.3, -0.25) is 0 Å². The van der Waals surface area contributed by atoms with Gasteiger partial charge in [-0.15, -0.1) is 0 Å². The number of rotatable bonds is 1. The van der Waals surface area contributed by atoms with Crippen LogP contribution in [0.3, 0.4) is 0 Å². The summed E-state index contributed by atoms with van der Waals surface area (Å²) in [5.41, 5.74) is 0.382. The molecule has 1 N–H and O–H groups in total. The van der Waals surface area contributed by atoms with E-state index in [-0.39, 0.29) is 0 Å². The summed E-state index contributed by atoms with van der Waals surface area (Å²) < 4.78 is 6.01. The van der Waals surface area contributed by atoms with Crippen LogP contribution in [-0.4, -0.2) is 5.11 Å². The number of furan rings is 1. The molecule has 0 aliphatic heterocycles. The van der Waals surface area contributed by atoms with Crippen molar-refractivity contribution >= 4 is 15.9 Å². The Kier molecular flexibility index (Phi) is 1.41. The first-order valence-corrected chi connectivity index (χ1v) is 4.40. The summed E-state index contributed by atoms with van der Waals surface area (Å²) in [7, 11) is 0. The fourth-order valence-corrected chi connectivity index (χ4v) is 1.76. The molecule has 60 valence electrons. The van der Waals surface area contributed by atoms with Gasteiger partial charge in [0.1, 0.15) is 11.4 Å². The molecule has 0 aromatic carbocycles. The lowest BCUT2D eigenvalue weighted by Crippen LogP contribution is -2.03. The van der Waals surface area contributed by atoms with E-state index in [9.17, 15) is 5.11 Å². The Hall–Kier alpha value is -0.280. The van der Waals surface area contributed by atoms with Gasteiger partial charge in [0.15, 0.2) is 4.67 Å². The van der Waals surface area contributed by atoms with Crippen LogP contribution in [0.5, 0.6) is 0 Å². The maximum atomic E-state index is 9.68. The van der Waals surface area contributed by atoms with Crippen molar-refractivity contribution in [3.8, 4) is 0 Å². The van der Waals surface area contributed by atoms with E-state index in [4.69, 9.17) is 4.42 Å². The number of halogens is 1. The molecule has 0 radical (unpaired) electrons. The maximum absolute atomic E-state index is 9.68. The predicted octanol–water partition coefficient (Wildman–Crippen LogP) is 2.33. The van der Waals surface area contributed by atoms with Crippen LogP contribution < -0.4 is 0 Å². The second-order valence-electron chi connectivity index (χ2n) is 3.09. The molecule has 1 aromatic heterocycles. The first kappa shape index (κ1) is 7.37. The van der Waals surface area contributed by atoms with Crippen molar-refractivity contribution < 1.29 is 9.52 Å². The minimum absolute atomic E-state index is 0.643. The van der Waals surface area contributed by atoms with Gasteiger partial charge in [-0.1, -0.05) is 0 Å². The molecule has 1 aromatic rings. The average Bonchev–Trinajstić information content (AvgIpc) is 2.55. The second kappa shape index (κ2) is 2.11. The number of aliphatic hydroxyl groups is 1. The van der Waals surface area contributed by atoms with Gasteiger partial charge in [-0.2, -0.15) is 0 Å². The van der Waals surface area contributed by atoms with Crippen LogP contribution >= 0.6 is 15.9 Å². The molecule has 0 amide bonds. The third kappa shape index (κ3) is 1.12. The molecular weight excluding hydrogens is 208 g/mol. The van der Waals surface area contributed by atoms with Crippen LogP contribution in [0, 0.1) is 6.92 Å². The number of hydrogen-bond acceptors (Lipinski definition) is 2. The normalized spacial score (nSPS) is 20.3. The Morgan fingerprint density at radius 2 is 2.27 bits per heavy atom. The predicted molar refractivity (Wildman–Crippen MR) is 44.3 cm³/mol. The van der Waals surface area contributed by atoms with Crippen molar-refractivity contribution in [2.24, 2.45) is 0 Å². The summed E-state index contributed by atoms with van der Waals surface area (Å²) in [6.07, 6.45) is 1.65. The first-order chi connectivity index (χ1) is 5.12. The molecule has 0 bridgehead atoms. The molecule has 2 rings (SSSR count). The summed E-state index contributed by atoms with van der Waals surface area (Å²) in [6, 6.07) is 1.88. The van der Waals surface area contributed by atoms with Crippen LogP contribution in [0.2, 0.25) is 0 Å². The van der Waals surface area contributed by atoms with E-state index < -0.39 is 5.60 Å². The topological polar surface area (TPSA) is 33.4 Å². The molecule has 1 fully saturated rings. The molecule has 1 heterocycles. The molecule has 0 unspecified atom stereocenters. The largest absolute Gasteiger partial charge is 0.451 e. The molecule has 2 nitrogen and oxygen atoms in total. The Labute approximate surface area is 73.3 Å². The van der Waals surface area contributed by atoms with Crippen molar-refractivity contribution in [2.75, 3.05) is 0 Å². The molecule has 1 aliphatic carbocycles. The molecule has 3 heteroatoms. The monoisotopic (exact) mass is 216 g/mol. The fourth-order valence-electron chi connectivity index (χ4n) is 1.25. The highest BCUT2D eigenvalue weighted by Crippen LogP contribution is 2.47. The lowest BCUT2D eigenvalue weighted by molar-refractivity contribution is 0.121. The summed E-state index contributed by atoms with van der Waals surface area (Å²) >= 11 is 3.23. The molecule has 0 saturated heterocycles. The highest BCUT2D eigenvalue weighted by atomic mass is 79.9. The molecule has 0 spiro atoms. The molecule has 1 saturated carbocycles. The summed E-state index contributed by atoms with van der Waals surface area (Å²) in [5.74, 6) is 0.726. The number of hydrogen-bond donors (Lipinski definition) is 1. The molecule has 11 heavy (non-hydrogen) atoms. The Balaban J connectivity index is 2.44. The minimum Gasteiger partial charge on any atom is -0.451 e.